The summed E-state index contributed by atoms with van der Waals surface area (Å²) in [5.74, 6) is 4.42. The number of nitrogens with one attached hydrogen (secondary N) is 1. The predicted molar refractivity (Wildman–Crippen MR) is 23.4 cm³/mol. The third kappa shape index (κ3) is 0.759. The summed E-state index contributed by atoms with van der Waals surface area (Å²) in [7, 11) is 0. The summed E-state index contributed by atoms with van der Waals surface area (Å²) in [6.07, 6.45) is 0. The molecule has 0 saturated heterocycles. The quantitative estimate of drug-likeness (QED) is 0.193. The highest BCUT2D eigenvalue weighted by atomic mass is 16.6. The molecule has 0 unspecified atom stereocenters. The lowest BCUT2D eigenvalue weighted by atomic mass is 11.1. The lowest BCUT2D eigenvalue weighted by Crippen LogP contribution is -2.48. The molecule has 0 amide bonds. The number of aromatic amines is 1. The number of nitro groups is 1. The molecule has 0 fully saturated rings. The van der Waals surface area contributed by atoms with Gasteiger partial charge in [0.15, 0.2) is 0 Å². The normalized spacial score (nSPS) is 9.33. The number of nitrogens with two attached hydrogens (primary N) is 1. The van der Waals surface area contributed by atoms with Crippen LogP contribution in [0.2, 0.25) is 0 Å². The van der Waals surface area contributed by atoms with E-state index in [9.17, 15) is 10.1 Å². The highest BCUT2D eigenvalue weighted by Gasteiger charge is 2.24. The number of hydrogen-bond donors (Lipinski definition) is 2. The first kappa shape index (κ1) is 5.41. The van der Waals surface area contributed by atoms with E-state index >= 15 is 0 Å². The monoisotopic (exact) mass is 131 g/mol. The standard InChI is InChI=1S/CH2N6O2/c2-6-1(7(8)9)3-4-5-6/h2H2/p+1. The molecule has 1 aromatic heterocycles. The molecular formula is CH3N6O2+. The maximum absolute atomic E-state index is 9.87. The summed E-state index contributed by atoms with van der Waals surface area (Å²) in [5.41, 5.74) is 0. The molecule has 0 aliphatic rings. The predicted octanol–water partition coefficient (Wildman–Crippen LogP) is -2.29. The first-order chi connectivity index (χ1) is 4.22. The molecule has 1 aromatic rings. The number of nitrogen functional groups attached to an aromatic ring is 1. The zero-order valence-corrected chi connectivity index (χ0v) is 4.18. The van der Waals surface area contributed by atoms with E-state index in [1.54, 1.807) is 0 Å². The molecule has 0 saturated carbocycles. The van der Waals surface area contributed by atoms with Crippen LogP contribution in [0.3, 0.4) is 0 Å². The molecule has 1 heterocycles. The second kappa shape index (κ2) is 1.65. The molecule has 8 nitrogen and oxygen atoms in total. The molecule has 0 radical (unpaired) electrons. The van der Waals surface area contributed by atoms with Crippen LogP contribution in [0, 0.1) is 10.1 Å². The van der Waals surface area contributed by atoms with E-state index in [4.69, 9.17) is 5.84 Å². The Hall–Kier alpha value is -1.73. The third-order valence-electron chi connectivity index (χ3n) is 0.671. The van der Waals surface area contributed by atoms with E-state index in [1.807, 2.05) is 5.21 Å². The summed E-state index contributed by atoms with van der Waals surface area (Å²) < 4.78 is 0. The fraction of sp³-hybridized carbons (Fsp3) is 0. The van der Waals surface area contributed by atoms with Crippen LogP contribution < -0.4 is 10.6 Å². The van der Waals surface area contributed by atoms with Crippen molar-refractivity contribution in [1.82, 2.24) is 15.5 Å². The minimum absolute atomic E-state index is 0.519. The molecule has 0 aromatic carbocycles. The minimum atomic E-state index is -0.747. The van der Waals surface area contributed by atoms with Crippen LogP contribution in [0.4, 0.5) is 5.95 Å². The molecule has 0 atom stereocenters. The Morgan fingerprint density at radius 2 is 2.56 bits per heavy atom. The van der Waals surface area contributed by atoms with Crippen LogP contribution in [0.25, 0.3) is 0 Å². The SMILES string of the molecule is N[n+]1[nH]nnc1[N+](=O)[O-]. The first-order valence-electron chi connectivity index (χ1n) is 1.94. The average Bonchev–Trinajstić information content (AvgIpc) is 2.13. The second-order valence-electron chi connectivity index (χ2n) is 1.23. The summed E-state index contributed by atoms with van der Waals surface area (Å²) in [6, 6.07) is 0. The van der Waals surface area contributed by atoms with Gasteiger partial charge in [0.05, 0.1) is 0 Å². The maximum atomic E-state index is 9.87. The van der Waals surface area contributed by atoms with Gasteiger partial charge < -0.3 is 10.1 Å². The van der Waals surface area contributed by atoms with Gasteiger partial charge >= 0.3 is 5.95 Å². The van der Waals surface area contributed by atoms with Gasteiger partial charge in [-0.05, 0) is 0 Å². The van der Waals surface area contributed by atoms with Gasteiger partial charge in [0.1, 0.15) is 0 Å². The molecule has 0 bridgehead atoms. The Morgan fingerprint density at radius 3 is 2.78 bits per heavy atom. The van der Waals surface area contributed by atoms with Gasteiger partial charge in [-0.2, -0.15) is 0 Å². The van der Waals surface area contributed by atoms with Gasteiger partial charge in [0.25, 0.3) is 10.3 Å². The zero-order valence-electron chi connectivity index (χ0n) is 4.18. The van der Waals surface area contributed by atoms with Crippen LogP contribution >= 0.6 is 0 Å². The molecular weight excluding hydrogens is 128 g/mol. The Bertz CT molecular complexity index is 227. The lowest BCUT2D eigenvalue weighted by Gasteiger charge is -1.80. The summed E-state index contributed by atoms with van der Waals surface area (Å²) in [4.78, 5) is 9.73. The van der Waals surface area contributed by atoms with Crippen molar-refractivity contribution in [1.29, 1.82) is 0 Å². The maximum Gasteiger partial charge on any atom is 0.627 e. The number of tetrazole rings is 1. The minimum Gasteiger partial charge on any atom is -0.355 e. The topological polar surface area (TPSA) is 115 Å². The van der Waals surface area contributed by atoms with E-state index in [0.29, 0.717) is 4.79 Å². The Labute approximate surface area is 48.4 Å². The highest BCUT2D eigenvalue weighted by Crippen LogP contribution is 1.88. The van der Waals surface area contributed by atoms with Gasteiger partial charge in [-0.15, -0.1) is 0 Å². The van der Waals surface area contributed by atoms with Gasteiger partial charge in [-0.1, -0.05) is 0 Å². The first-order valence-corrected chi connectivity index (χ1v) is 1.94. The van der Waals surface area contributed by atoms with Crippen LogP contribution in [-0.4, -0.2) is 20.4 Å². The van der Waals surface area contributed by atoms with Gasteiger partial charge in [-0.3, -0.25) is 0 Å². The molecule has 8 heteroatoms. The second-order valence-corrected chi connectivity index (χ2v) is 1.23. The molecule has 48 valence electrons. The van der Waals surface area contributed by atoms with E-state index in [0.717, 1.165) is 0 Å². The third-order valence-corrected chi connectivity index (χ3v) is 0.671. The van der Waals surface area contributed by atoms with Crippen LogP contribution in [-0.2, 0) is 0 Å². The van der Waals surface area contributed by atoms with Gasteiger partial charge in [0, 0.05) is 14.9 Å². The smallest absolute Gasteiger partial charge is 0.355 e. The molecule has 0 aliphatic carbocycles. The van der Waals surface area contributed by atoms with E-state index < -0.39 is 10.9 Å². The van der Waals surface area contributed by atoms with E-state index in [1.165, 1.54) is 0 Å². The van der Waals surface area contributed by atoms with Crippen LogP contribution in [0.1, 0.15) is 0 Å². The van der Waals surface area contributed by atoms with Gasteiger partial charge in [0.2, 0.25) is 0 Å². The molecule has 3 N–H and O–H groups in total. The van der Waals surface area contributed by atoms with E-state index in [-0.39, 0.29) is 0 Å². The van der Waals surface area contributed by atoms with Crippen molar-refractivity contribution in [2.24, 2.45) is 0 Å². The largest absolute Gasteiger partial charge is 0.627 e. The van der Waals surface area contributed by atoms with Gasteiger partial charge in [-0.25, -0.2) is 5.84 Å². The number of nitrogens with zero attached hydrogens (tertiary/aromatic N) is 4. The van der Waals surface area contributed by atoms with Crippen molar-refractivity contribution in [3.05, 3.63) is 10.1 Å². The van der Waals surface area contributed by atoms with Crippen molar-refractivity contribution in [2.45, 2.75) is 0 Å². The average molecular weight is 131 g/mol. The van der Waals surface area contributed by atoms with Crippen molar-refractivity contribution in [2.75, 3.05) is 5.84 Å². The molecule has 9 heavy (non-hydrogen) atoms. The fourth-order valence-corrected chi connectivity index (χ4v) is 0.333. The molecule has 0 aliphatic heterocycles. The summed E-state index contributed by atoms with van der Waals surface area (Å²) in [6.45, 7) is 0. The Balaban J connectivity index is 3.08. The van der Waals surface area contributed by atoms with Crippen molar-refractivity contribution in [3.63, 3.8) is 0 Å². The lowest BCUT2D eigenvalue weighted by molar-refractivity contribution is -0.739. The molecule has 1 rings (SSSR count). The number of hydrogen-bond acceptors (Lipinski definition) is 5. The Morgan fingerprint density at radius 1 is 1.89 bits per heavy atom. The number of H-pyrrole nitrogens is 1. The summed E-state index contributed by atoms with van der Waals surface area (Å²) in [5, 5.41) is 18.0. The number of aromatic nitrogens is 4. The van der Waals surface area contributed by atoms with E-state index in [2.05, 4.69) is 10.3 Å². The zero-order chi connectivity index (χ0) is 6.85. The summed E-state index contributed by atoms with van der Waals surface area (Å²) >= 11 is 0. The fourth-order valence-electron chi connectivity index (χ4n) is 0.333. The van der Waals surface area contributed by atoms with Crippen molar-refractivity contribution >= 4 is 5.95 Å². The van der Waals surface area contributed by atoms with Crippen molar-refractivity contribution in [3.8, 4) is 0 Å². The molecule has 0 spiro atoms. The van der Waals surface area contributed by atoms with Crippen molar-refractivity contribution < 1.29 is 9.71 Å². The number of rotatable bonds is 1. The van der Waals surface area contributed by atoms with Crippen LogP contribution in [0.5, 0.6) is 0 Å². The Kier molecular flexibility index (Phi) is 0.992. The highest BCUT2D eigenvalue weighted by molar-refractivity contribution is 4.82. The van der Waals surface area contributed by atoms with Crippen LogP contribution in [0.15, 0.2) is 0 Å².